The minimum Gasteiger partial charge on any atom is -0.360 e. The Morgan fingerprint density at radius 3 is 2.12 bits per heavy atom. The molecule has 3 aromatic rings. The lowest BCUT2D eigenvalue weighted by Crippen LogP contribution is -2.05. The topological polar surface area (TPSA) is 60.2 Å². The highest BCUT2D eigenvalue weighted by atomic mass is 79.9. The maximum Gasteiger partial charge on any atom is 0.181 e. The molecule has 1 heterocycles. The number of nitrogens with zero attached hydrogens (tertiary/aromatic N) is 1. The number of hydrogen-bond donors (Lipinski definition) is 0. The Hall–Kier alpha value is -2.06. The van der Waals surface area contributed by atoms with Gasteiger partial charge in [-0.2, -0.15) is 0 Å². The van der Waals surface area contributed by atoms with Crippen molar-refractivity contribution in [2.45, 2.75) is 11.8 Å². The maximum atomic E-state index is 14.2. The largest absolute Gasteiger partial charge is 0.360 e. The van der Waals surface area contributed by atoms with Gasteiger partial charge in [0.1, 0.15) is 28.0 Å². The SMILES string of the molecule is Cc1onc(-c2ccc(Br)cc2)c1-c1cc(F)c(S(C)(=O)=O)c(F)c1. The minimum atomic E-state index is -4.02. The number of halogens is 3. The molecule has 0 aliphatic rings. The van der Waals surface area contributed by atoms with Crippen LogP contribution >= 0.6 is 15.9 Å². The average molecular weight is 428 g/mol. The van der Waals surface area contributed by atoms with Crippen LogP contribution in [0.4, 0.5) is 8.78 Å². The van der Waals surface area contributed by atoms with Crippen molar-refractivity contribution in [3.8, 4) is 22.4 Å². The fourth-order valence-electron chi connectivity index (χ4n) is 2.58. The van der Waals surface area contributed by atoms with Crippen LogP contribution in [0.2, 0.25) is 0 Å². The standard InChI is InChI=1S/C17H12BrF2NO3S/c1-9-15(16(21-24-9)10-3-5-12(18)6-4-10)11-7-13(19)17(14(20)8-11)25(2,22)23/h3-8H,1-2H3. The van der Waals surface area contributed by atoms with Crippen LogP contribution in [0.15, 0.2) is 50.3 Å². The summed E-state index contributed by atoms with van der Waals surface area (Å²) in [7, 11) is -4.02. The molecular formula is C17H12BrF2NO3S. The Morgan fingerprint density at radius 2 is 1.60 bits per heavy atom. The molecule has 0 atom stereocenters. The Labute approximate surface area is 151 Å². The van der Waals surface area contributed by atoms with Crippen molar-refractivity contribution in [3.63, 3.8) is 0 Å². The van der Waals surface area contributed by atoms with E-state index in [0.717, 1.165) is 22.9 Å². The van der Waals surface area contributed by atoms with Gasteiger partial charge in [-0.15, -0.1) is 0 Å². The fraction of sp³-hybridized carbons (Fsp3) is 0.118. The number of aromatic nitrogens is 1. The highest BCUT2D eigenvalue weighted by Crippen LogP contribution is 2.36. The van der Waals surface area contributed by atoms with E-state index in [9.17, 15) is 17.2 Å². The molecule has 0 radical (unpaired) electrons. The van der Waals surface area contributed by atoms with Crippen molar-refractivity contribution >= 4 is 25.8 Å². The molecule has 0 fully saturated rings. The van der Waals surface area contributed by atoms with E-state index < -0.39 is 26.4 Å². The molecule has 0 unspecified atom stereocenters. The summed E-state index contributed by atoms with van der Waals surface area (Å²) in [6, 6.07) is 9.11. The first-order valence-electron chi connectivity index (χ1n) is 7.10. The Morgan fingerprint density at radius 1 is 1.04 bits per heavy atom. The highest BCUT2D eigenvalue weighted by Gasteiger charge is 2.24. The van der Waals surface area contributed by atoms with Crippen LogP contribution in [0, 0.1) is 18.6 Å². The quantitative estimate of drug-likeness (QED) is 0.604. The summed E-state index contributed by atoms with van der Waals surface area (Å²) < 4.78 is 57.6. The molecule has 0 saturated carbocycles. The molecule has 4 nitrogen and oxygen atoms in total. The summed E-state index contributed by atoms with van der Waals surface area (Å²) >= 11 is 3.33. The normalized spacial score (nSPS) is 11.7. The molecule has 1 aromatic heterocycles. The van der Waals surface area contributed by atoms with E-state index >= 15 is 0 Å². The summed E-state index contributed by atoms with van der Waals surface area (Å²) in [6.45, 7) is 1.62. The number of sulfone groups is 1. The average Bonchev–Trinajstić information content (AvgIpc) is 2.87. The summed E-state index contributed by atoms with van der Waals surface area (Å²) in [4.78, 5) is -0.949. The van der Waals surface area contributed by atoms with Gasteiger partial charge in [-0.05, 0) is 36.8 Å². The van der Waals surface area contributed by atoms with Crippen molar-refractivity contribution in [3.05, 3.63) is 58.3 Å². The molecule has 130 valence electrons. The van der Waals surface area contributed by atoms with Gasteiger partial charge in [0.25, 0.3) is 0 Å². The van der Waals surface area contributed by atoms with Crippen LogP contribution in [-0.2, 0) is 9.84 Å². The highest BCUT2D eigenvalue weighted by molar-refractivity contribution is 9.10. The molecule has 0 spiro atoms. The first kappa shape index (κ1) is 17.8. The molecule has 2 aromatic carbocycles. The molecule has 0 aliphatic heterocycles. The van der Waals surface area contributed by atoms with Gasteiger partial charge in [0.05, 0.1) is 5.56 Å². The third-order valence-electron chi connectivity index (χ3n) is 3.64. The lowest BCUT2D eigenvalue weighted by molar-refractivity contribution is 0.400. The van der Waals surface area contributed by atoms with Gasteiger partial charge in [-0.3, -0.25) is 0 Å². The summed E-state index contributed by atoms with van der Waals surface area (Å²) in [5.41, 5.74) is 1.67. The van der Waals surface area contributed by atoms with Crippen LogP contribution in [0.3, 0.4) is 0 Å². The van der Waals surface area contributed by atoms with Crippen LogP contribution in [-0.4, -0.2) is 19.8 Å². The van der Waals surface area contributed by atoms with E-state index in [1.165, 1.54) is 0 Å². The molecule has 3 rings (SSSR count). The minimum absolute atomic E-state index is 0.152. The van der Waals surface area contributed by atoms with Crippen molar-refractivity contribution in [1.82, 2.24) is 5.16 Å². The Kier molecular flexibility index (Phi) is 4.51. The first-order valence-corrected chi connectivity index (χ1v) is 9.78. The van der Waals surface area contributed by atoms with E-state index in [1.54, 1.807) is 31.2 Å². The van der Waals surface area contributed by atoms with Crippen LogP contribution in [0.25, 0.3) is 22.4 Å². The van der Waals surface area contributed by atoms with Gasteiger partial charge in [-0.25, -0.2) is 17.2 Å². The second-order valence-corrected chi connectivity index (χ2v) is 8.38. The second kappa shape index (κ2) is 6.34. The van der Waals surface area contributed by atoms with E-state index in [4.69, 9.17) is 4.52 Å². The van der Waals surface area contributed by atoms with Crippen LogP contribution in [0.5, 0.6) is 0 Å². The molecular weight excluding hydrogens is 416 g/mol. The predicted octanol–water partition coefficient (Wildman–Crippen LogP) is 4.76. The van der Waals surface area contributed by atoms with Gasteiger partial charge in [0.2, 0.25) is 0 Å². The third kappa shape index (κ3) is 3.36. The Balaban J connectivity index is 2.22. The van der Waals surface area contributed by atoms with Gasteiger partial charge >= 0.3 is 0 Å². The summed E-state index contributed by atoms with van der Waals surface area (Å²) in [5.74, 6) is -1.94. The first-order chi connectivity index (χ1) is 11.7. The smallest absolute Gasteiger partial charge is 0.181 e. The summed E-state index contributed by atoms with van der Waals surface area (Å²) in [5, 5.41) is 3.97. The number of aryl methyl sites for hydroxylation is 1. The molecule has 25 heavy (non-hydrogen) atoms. The monoisotopic (exact) mass is 427 g/mol. The zero-order valence-electron chi connectivity index (χ0n) is 13.2. The van der Waals surface area contributed by atoms with Crippen molar-refractivity contribution < 1.29 is 21.7 Å². The zero-order valence-corrected chi connectivity index (χ0v) is 15.6. The number of rotatable bonds is 3. The lowest BCUT2D eigenvalue weighted by Gasteiger charge is -2.08. The van der Waals surface area contributed by atoms with Crippen molar-refractivity contribution in [2.75, 3.05) is 6.26 Å². The van der Waals surface area contributed by atoms with Gasteiger partial charge in [0.15, 0.2) is 9.84 Å². The predicted molar refractivity (Wildman–Crippen MR) is 92.8 cm³/mol. The zero-order chi connectivity index (χ0) is 18.4. The second-order valence-electron chi connectivity index (χ2n) is 5.51. The van der Waals surface area contributed by atoms with E-state index in [0.29, 0.717) is 22.6 Å². The van der Waals surface area contributed by atoms with Crippen molar-refractivity contribution in [2.24, 2.45) is 0 Å². The molecule has 0 N–H and O–H groups in total. The van der Waals surface area contributed by atoms with Crippen LogP contribution in [0.1, 0.15) is 5.76 Å². The van der Waals surface area contributed by atoms with Crippen molar-refractivity contribution in [1.29, 1.82) is 0 Å². The van der Waals surface area contributed by atoms with Gasteiger partial charge in [-0.1, -0.05) is 33.2 Å². The third-order valence-corrected chi connectivity index (χ3v) is 5.30. The molecule has 0 aliphatic carbocycles. The van der Waals surface area contributed by atoms with E-state index in [1.807, 2.05) is 0 Å². The molecule has 0 saturated heterocycles. The number of benzene rings is 2. The van der Waals surface area contributed by atoms with Crippen LogP contribution < -0.4 is 0 Å². The van der Waals surface area contributed by atoms with Gasteiger partial charge < -0.3 is 4.52 Å². The van der Waals surface area contributed by atoms with E-state index in [-0.39, 0.29) is 5.56 Å². The lowest BCUT2D eigenvalue weighted by atomic mass is 9.99. The Bertz CT molecular complexity index is 1040. The molecule has 0 amide bonds. The molecule has 0 bridgehead atoms. The number of hydrogen-bond acceptors (Lipinski definition) is 4. The van der Waals surface area contributed by atoms with Gasteiger partial charge in [0, 0.05) is 16.3 Å². The summed E-state index contributed by atoms with van der Waals surface area (Å²) in [6.07, 6.45) is 0.756. The maximum absolute atomic E-state index is 14.2. The molecule has 8 heteroatoms. The fourth-order valence-corrected chi connectivity index (χ4v) is 3.67. The van der Waals surface area contributed by atoms with E-state index in [2.05, 4.69) is 21.1 Å².